The van der Waals surface area contributed by atoms with Crippen LogP contribution in [0.4, 0.5) is 0 Å². The molecule has 3 atom stereocenters. The van der Waals surface area contributed by atoms with Crippen LogP contribution in [0.3, 0.4) is 0 Å². The molecule has 0 aromatic heterocycles. The predicted octanol–water partition coefficient (Wildman–Crippen LogP) is 1.77. The lowest BCUT2D eigenvalue weighted by atomic mass is 9.84. The van der Waals surface area contributed by atoms with Crippen molar-refractivity contribution in [2.75, 3.05) is 19.6 Å². The number of fused-ring (bicyclic) bond motifs is 1. The first-order valence-corrected chi connectivity index (χ1v) is 10.5. The smallest absolute Gasteiger partial charge is 0.245 e. The third kappa shape index (κ3) is 3.88. The van der Waals surface area contributed by atoms with Crippen molar-refractivity contribution in [3.05, 3.63) is 29.8 Å². The van der Waals surface area contributed by atoms with E-state index >= 15 is 0 Å². The third-order valence-corrected chi connectivity index (χ3v) is 6.45. The summed E-state index contributed by atoms with van der Waals surface area (Å²) in [5.41, 5.74) is -0.0994. The molecule has 2 amide bonds. The number of β-amino-alcohol motifs (C(OH)–C–C–N with tert-alkyl or cyclic N) is 1. The molecule has 1 aromatic carbocycles. The number of hydrogen-bond donors (Lipinski definition) is 1. The number of likely N-dealkylation sites (tertiary alicyclic amines) is 2. The van der Waals surface area contributed by atoms with E-state index < -0.39 is 17.7 Å². The second-order valence-electron chi connectivity index (χ2n) is 8.47. The number of Topliss-reactive ketones (excluding diaryl/α,β-unsaturated/α-hetero) is 1. The number of carbonyl (C=O) groups excluding carboxylic acids is 3. The number of ketones is 1. The zero-order valence-electron chi connectivity index (χ0n) is 16.8. The molecule has 7 nitrogen and oxygen atoms in total. The van der Waals surface area contributed by atoms with Crippen molar-refractivity contribution < 1.29 is 24.2 Å². The molecule has 3 aliphatic rings. The number of aliphatic hydroxyl groups excluding tert-OH is 1. The van der Waals surface area contributed by atoms with Gasteiger partial charge < -0.3 is 19.6 Å². The number of amides is 2. The molecule has 1 N–H and O–H groups in total. The molecule has 0 saturated carbocycles. The van der Waals surface area contributed by atoms with Crippen LogP contribution < -0.4 is 4.74 Å². The van der Waals surface area contributed by atoms with Crippen molar-refractivity contribution in [1.82, 2.24) is 9.80 Å². The highest BCUT2D eigenvalue weighted by Gasteiger charge is 2.44. The minimum Gasteiger partial charge on any atom is -0.486 e. The van der Waals surface area contributed by atoms with Gasteiger partial charge in [0, 0.05) is 32.5 Å². The maximum atomic E-state index is 12.9. The zero-order chi connectivity index (χ0) is 20.6. The van der Waals surface area contributed by atoms with Gasteiger partial charge in [-0.1, -0.05) is 12.1 Å². The molecule has 7 heteroatoms. The van der Waals surface area contributed by atoms with E-state index in [1.165, 1.54) is 0 Å². The Labute approximate surface area is 170 Å². The van der Waals surface area contributed by atoms with Crippen molar-refractivity contribution in [3.8, 4) is 5.75 Å². The van der Waals surface area contributed by atoms with Gasteiger partial charge in [0.25, 0.3) is 0 Å². The molecule has 156 valence electrons. The van der Waals surface area contributed by atoms with Crippen LogP contribution in [0.5, 0.6) is 5.75 Å². The maximum absolute atomic E-state index is 12.9. The number of piperidine rings is 1. The van der Waals surface area contributed by atoms with Crippen LogP contribution >= 0.6 is 0 Å². The summed E-state index contributed by atoms with van der Waals surface area (Å²) in [5, 5.41) is 9.87. The molecule has 2 fully saturated rings. The Morgan fingerprint density at radius 3 is 2.83 bits per heavy atom. The number of hydrogen-bond acceptors (Lipinski definition) is 5. The van der Waals surface area contributed by atoms with Crippen molar-refractivity contribution in [3.63, 3.8) is 0 Å². The van der Waals surface area contributed by atoms with E-state index in [2.05, 4.69) is 0 Å². The largest absolute Gasteiger partial charge is 0.486 e. The Bertz CT molecular complexity index is 825. The van der Waals surface area contributed by atoms with Gasteiger partial charge in [-0.05, 0) is 38.3 Å². The lowest BCUT2D eigenvalue weighted by Crippen LogP contribution is -2.52. The molecule has 1 aromatic rings. The highest BCUT2D eigenvalue weighted by Crippen LogP contribution is 2.39. The summed E-state index contributed by atoms with van der Waals surface area (Å²) in [6.45, 7) is 3.06. The summed E-state index contributed by atoms with van der Waals surface area (Å²) in [7, 11) is 0. The minimum atomic E-state index is -0.695. The molecule has 1 spiro atoms. The summed E-state index contributed by atoms with van der Waals surface area (Å²) in [4.78, 5) is 41.7. The quantitative estimate of drug-likeness (QED) is 0.818. The van der Waals surface area contributed by atoms with E-state index in [1.807, 2.05) is 12.1 Å². The SMILES string of the molecule is C[C@H](C(=O)N1CCC[C@H](O)C1)N1CC[C@@]2(CCC1=O)CC(=O)c1ccccc1O2. The topological polar surface area (TPSA) is 87.2 Å². The van der Waals surface area contributed by atoms with Crippen LogP contribution in [0.2, 0.25) is 0 Å². The lowest BCUT2D eigenvalue weighted by Gasteiger charge is -2.38. The van der Waals surface area contributed by atoms with Gasteiger partial charge in [-0.25, -0.2) is 0 Å². The van der Waals surface area contributed by atoms with Gasteiger partial charge in [0.2, 0.25) is 11.8 Å². The monoisotopic (exact) mass is 400 g/mol. The third-order valence-electron chi connectivity index (χ3n) is 6.45. The maximum Gasteiger partial charge on any atom is 0.245 e. The molecular formula is C22H28N2O5. The number of para-hydroxylation sites is 1. The molecule has 0 unspecified atom stereocenters. The summed E-state index contributed by atoms with van der Waals surface area (Å²) in [5.74, 6) is 0.407. The molecule has 3 heterocycles. The number of aliphatic hydroxyl groups is 1. The standard InChI is InChI=1S/C22H28N2O5/c1-15(21(28)23-11-4-5-16(25)14-23)24-12-10-22(9-8-20(24)27)13-18(26)17-6-2-3-7-19(17)29-22/h2-3,6-7,15-16,25H,4-5,8-14H2,1H3/t15-,16+,22+/m1/s1. The van der Waals surface area contributed by atoms with E-state index in [1.54, 1.807) is 28.9 Å². The van der Waals surface area contributed by atoms with Crippen molar-refractivity contribution in [2.24, 2.45) is 0 Å². The molecule has 0 radical (unpaired) electrons. The van der Waals surface area contributed by atoms with E-state index in [9.17, 15) is 19.5 Å². The van der Waals surface area contributed by atoms with Crippen LogP contribution in [-0.2, 0) is 9.59 Å². The molecule has 2 saturated heterocycles. The first-order valence-electron chi connectivity index (χ1n) is 10.5. The van der Waals surface area contributed by atoms with Crippen molar-refractivity contribution >= 4 is 17.6 Å². The van der Waals surface area contributed by atoms with Crippen LogP contribution in [-0.4, -0.2) is 69.9 Å². The van der Waals surface area contributed by atoms with E-state index in [-0.39, 0.29) is 30.4 Å². The fourth-order valence-corrected chi connectivity index (χ4v) is 4.74. The molecule has 0 bridgehead atoms. The Morgan fingerprint density at radius 1 is 1.24 bits per heavy atom. The van der Waals surface area contributed by atoms with E-state index in [0.29, 0.717) is 50.2 Å². The Morgan fingerprint density at radius 2 is 2.03 bits per heavy atom. The van der Waals surface area contributed by atoms with E-state index in [0.717, 1.165) is 6.42 Å². The summed E-state index contributed by atoms with van der Waals surface area (Å²) in [6, 6.07) is 6.64. The molecule has 4 rings (SSSR count). The van der Waals surface area contributed by atoms with Gasteiger partial charge in [-0.3, -0.25) is 14.4 Å². The number of benzene rings is 1. The number of carbonyl (C=O) groups is 3. The Hall–Kier alpha value is -2.41. The molecular weight excluding hydrogens is 372 g/mol. The average molecular weight is 400 g/mol. The van der Waals surface area contributed by atoms with Crippen LogP contribution in [0.25, 0.3) is 0 Å². The second-order valence-corrected chi connectivity index (χ2v) is 8.47. The fraction of sp³-hybridized carbons (Fsp3) is 0.591. The predicted molar refractivity (Wildman–Crippen MR) is 106 cm³/mol. The number of ether oxygens (including phenoxy) is 1. The number of nitrogens with zero attached hydrogens (tertiary/aromatic N) is 2. The lowest BCUT2D eigenvalue weighted by molar-refractivity contribution is -0.146. The normalized spacial score (nSPS) is 28.6. The number of rotatable bonds is 2. The molecule has 29 heavy (non-hydrogen) atoms. The van der Waals surface area contributed by atoms with Gasteiger partial charge >= 0.3 is 0 Å². The van der Waals surface area contributed by atoms with Gasteiger partial charge in [0.05, 0.1) is 18.1 Å². The Balaban J connectivity index is 1.48. The van der Waals surface area contributed by atoms with Gasteiger partial charge in [0.1, 0.15) is 17.4 Å². The van der Waals surface area contributed by atoms with Gasteiger partial charge in [0.15, 0.2) is 5.78 Å². The van der Waals surface area contributed by atoms with Crippen molar-refractivity contribution in [2.45, 2.75) is 63.2 Å². The van der Waals surface area contributed by atoms with Gasteiger partial charge in [-0.15, -0.1) is 0 Å². The second kappa shape index (κ2) is 7.78. The summed E-state index contributed by atoms with van der Waals surface area (Å²) in [6.07, 6.45) is 2.46. The highest BCUT2D eigenvalue weighted by molar-refractivity contribution is 6.00. The minimum absolute atomic E-state index is 0.0409. The average Bonchev–Trinajstić information content (AvgIpc) is 2.86. The van der Waals surface area contributed by atoms with Gasteiger partial charge in [-0.2, -0.15) is 0 Å². The van der Waals surface area contributed by atoms with Crippen LogP contribution in [0.15, 0.2) is 24.3 Å². The fourth-order valence-electron chi connectivity index (χ4n) is 4.74. The zero-order valence-corrected chi connectivity index (χ0v) is 16.8. The van der Waals surface area contributed by atoms with Crippen LogP contribution in [0, 0.1) is 0 Å². The van der Waals surface area contributed by atoms with Crippen LogP contribution in [0.1, 0.15) is 55.8 Å². The highest BCUT2D eigenvalue weighted by atomic mass is 16.5. The first kappa shape index (κ1) is 19.9. The summed E-state index contributed by atoms with van der Waals surface area (Å²) >= 11 is 0. The Kier molecular flexibility index (Phi) is 5.34. The van der Waals surface area contributed by atoms with E-state index in [4.69, 9.17) is 4.74 Å². The molecule has 3 aliphatic heterocycles. The summed E-state index contributed by atoms with van der Waals surface area (Å²) < 4.78 is 6.25. The molecule has 0 aliphatic carbocycles. The van der Waals surface area contributed by atoms with Crippen molar-refractivity contribution in [1.29, 1.82) is 0 Å². The first-order chi connectivity index (χ1) is 13.9.